The summed E-state index contributed by atoms with van der Waals surface area (Å²) in [4.78, 5) is 30.5. The Kier molecular flexibility index (Phi) is 7.86. The van der Waals surface area contributed by atoms with Crippen LogP contribution in [0.3, 0.4) is 0 Å². The molecule has 1 saturated heterocycles. The standard InChI is InChI=1S/C33H38N2O4/c1-21(2)20-39-27-10-8-9-23(19-27)30(36)28-29(22-11-13-24(14-12-22)33(3,4)5)35(32(38)31(28)37)26-17-15-25(16-18-26)34(6)7/h8-19,21,29,36H,20H2,1-7H3/b30-28-. The summed E-state index contributed by atoms with van der Waals surface area (Å²) in [5.41, 5.74) is 3.86. The molecule has 3 aromatic rings. The zero-order valence-electron chi connectivity index (χ0n) is 23.9. The fourth-order valence-electron chi connectivity index (χ4n) is 4.64. The van der Waals surface area contributed by atoms with Crippen molar-refractivity contribution in [3.8, 4) is 5.75 Å². The van der Waals surface area contributed by atoms with Crippen LogP contribution in [0, 0.1) is 5.92 Å². The van der Waals surface area contributed by atoms with Crippen LogP contribution in [-0.2, 0) is 15.0 Å². The van der Waals surface area contributed by atoms with Gasteiger partial charge >= 0.3 is 0 Å². The van der Waals surface area contributed by atoms with Gasteiger partial charge in [-0.05, 0) is 58.9 Å². The van der Waals surface area contributed by atoms with Crippen molar-refractivity contribution in [1.82, 2.24) is 0 Å². The summed E-state index contributed by atoms with van der Waals surface area (Å²) in [6, 6.07) is 21.6. The Morgan fingerprint density at radius 3 is 2.18 bits per heavy atom. The summed E-state index contributed by atoms with van der Waals surface area (Å²) >= 11 is 0. The van der Waals surface area contributed by atoms with Gasteiger partial charge in [0.05, 0.1) is 18.2 Å². The number of ether oxygens (including phenoxy) is 1. The SMILES string of the molecule is CC(C)COc1cccc(/C(O)=C2/C(=O)C(=O)N(c3ccc(N(C)C)cc3)C2c2ccc(C(C)(C)C)cc2)c1. The van der Waals surface area contributed by atoms with E-state index in [2.05, 4.69) is 34.6 Å². The molecule has 1 amide bonds. The van der Waals surface area contributed by atoms with E-state index in [1.54, 1.807) is 18.2 Å². The highest BCUT2D eigenvalue weighted by atomic mass is 16.5. The number of hydrogen-bond acceptors (Lipinski definition) is 5. The van der Waals surface area contributed by atoms with Crippen molar-refractivity contribution < 1.29 is 19.4 Å². The number of nitrogens with zero attached hydrogens (tertiary/aromatic N) is 2. The molecule has 1 fully saturated rings. The Hall–Kier alpha value is -4.06. The minimum absolute atomic E-state index is 0.0567. The van der Waals surface area contributed by atoms with Crippen LogP contribution in [0.5, 0.6) is 5.75 Å². The first-order chi connectivity index (χ1) is 18.4. The lowest BCUT2D eigenvalue weighted by Gasteiger charge is -2.27. The molecule has 4 rings (SSSR count). The van der Waals surface area contributed by atoms with Crippen LogP contribution in [0.4, 0.5) is 11.4 Å². The van der Waals surface area contributed by atoms with Crippen molar-refractivity contribution >= 4 is 28.8 Å². The zero-order valence-corrected chi connectivity index (χ0v) is 23.9. The molecule has 3 aromatic carbocycles. The van der Waals surface area contributed by atoms with Crippen molar-refractivity contribution in [2.45, 2.75) is 46.1 Å². The first-order valence-electron chi connectivity index (χ1n) is 13.3. The minimum Gasteiger partial charge on any atom is -0.507 e. The van der Waals surface area contributed by atoms with Gasteiger partial charge in [0.2, 0.25) is 0 Å². The van der Waals surface area contributed by atoms with E-state index in [1.165, 1.54) is 4.90 Å². The molecular formula is C33H38N2O4. The molecule has 0 bridgehead atoms. The smallest absolute Gasteiger partial charge is 0.300 e. The number of ketones is 1. The zero-order chi connectivity index (χ0) is 28.5. The molecular weight excluding hydrogens is 488 g/mol. The van der Waals surface area contributed by atoms with Crippen molar-refractivity contribution in [2.75, 3.05) is 30.5 Å². The van der Waals surface area contributed by atoms with E-state index < -0.39 is 17.7 Å². The van der Waals surface area contributed by atoms with E-state index in [0.29, 0.717) is 29.5 Å². The quantitative estimate of drug-likeness (QED) is 0.210. The Labute approximate surface area is 231 Å². The number of benzene rings is 3. The predicted octanol–water partition coefficient (Wildman–Crippen LogP) is 6.71. The lowest BCUT2D eigenvalue weighted by molar-refractivity contribution is -0.132. The second-order valence-electron chi connectivity index (χ2n) is 11.7. The molecule has 0 aliphatic carbocycles. The number of aliphatic hydroxyl groups excluding tert-OH is 1. The molecule has 0 aromatic heterocycles. The van der Waals surface area contributed by atoms with Gasteiger partial charge in [-0.2, -0.15) is 0 Å². The number of rotatable bonds is 7. The molecule has 6 nitrogen and oxygen atoms in total. The molecule has 204 valence electrons. The third-order valence-electron chi connectivity index (χ3n) is 6.87. The monoisotopic (exact) mass is 526 g/mol. The number of Topliss-reactive ketones (excluding diaryl/α,β-unsaturated/α-hetero) is 1. The topological polar surface area (TPSA) is 70.1 Å². The number of carbonyl (C=O) groups excluding carboxylic acids is 2. The normalized spacial score (nSPS) is 17.1. The van der Waals surface area contributed by atoms with Gasteiger partial charge in [0.1, 0.15) is 11.5 Å². The van der Waals surface area contributed by atoms with Gasteiger partial charge in [0, 0.05) is 31.0 Å². The second-order valence-corrected chi connectivity index (χ2v) is 11.7. The average Bonchev–Trinajstić information content (AvgIpc) is 3.17. The molecule has 0 spiro atoms. The van der Waals surface area contributed by atoms with Gasteiger partial charge < -0.3 is 14.7 Å². The molecule has 0 radical (unpaired) electrons. The maximum atomic E-state index is 13.5. The van der Waals surface area contributed by atoms with Crippen LogP contribution in [0.25, 0.3) is 5.76 Å². The fraction of sp³-hybridized carbons (Fsp3) is 0.333. The van der Waals surface area contributed by atoms with Gasteiger partial charge in [-0.1, -0.05) is 71.0 Å². The number of carbonyl (C=O) groups is 2. The summed E-state index contributed by atoms with van der Waals surface area (Å²) in [6.45, 7) is 11.0. The molecule has 1 atom stereocenters. The maximum absolute atomic E-state index is 13.5. The van der Waals surface area contributed by atoms with Gasteiger partial charge in [0.15, 0.2) is 0 Å². The Morgan fingerprint density at radius 1 is 0.974 bits per heavy atom. The fourth-order valence-corrected chi connectivity index (χ4v) is 4.64. The first-order valence-corrected chi connectivity index (χ1v) is 13.3. The Balaban J connectivity index is 1.86. The van der Waals surface area contributed by atoms with Crippen molar-refractivity contribution in [1.29, 1.82) is 0 Å². The highest BCUT2D eigenvalue weighted by Gasteiger charge is 2.47. The van der Waals surface area contributed by atoms with Gasteiger partial charge in [-0.15, -0.1) is 0 Å². The number of anilines is 2. The first kappa shape index (κ1) is 28.0. The van der Waals surface area contributed by atoms with E-state index in [1.807, 2.05) is 73.6 Å². The summed E-state index contributed by atoms with van der Waals surface area (Å²) in [7, 11) is 3.88. The van der Waals surface area contributed by atoms with E-state index in [0.717, 1.165) is 16.8 Å². The summed E-state index contributed by atoms with van der Waals surface area (Å²) in [5.74, 6) is -0.690. The molecule has 1 unspecified atom stereocenters. The summed E-state index contributed by atoms with van der Waals surface area (Å²) in [6.07, 6.45) is 0. The molecule has 1 heterocycles. The van der Waals surface area contributed by atoms with E-state index in [-0.39, 0.29) is 16.7 Å². The number of hydrogen-bond donors (Lipinski definition) is 1. The van der Waals surface area contributed by atoms with Crippen LogP contribution < -0.4 is 14.5 Å². The van der Waals surface area contributed by atoms with Gasteiger partial charge in [-0.25, -0.2) is 0 Å². The molecule has 1 aliphatic heterocycles. The Morgan fingerprint density at radius 2 is 1.62 bits per heavy atom. The predicted molar refractivity (Wildman–Crippen MR) is 157 cm³/mol. The molecule has 1 aliphatic rings. The molecule has 1 N–H and O–H groups in total. The third-order valence-corrected chi connectivity index (χ3v) is 6.87. The van der Waals surface area contributed by atoms with Crippen molar-refractivity contribution in [2.24, 2.45) is 5.92 Å². The van der Waals surface area contributed by atoms with Crippen LogP contribution in [0.1, 0.15) is 57.4 Å². The maximum Gasteiger partial charge on any atom is 0.300 e. The molecule has 6 heteroatoms. The lowest BCUT2D eigenvalue weighted by Crippen LogP contribution is -2.29. The molecule has 39 heavy (non-hydrogen) atoms. The summed E-state index contributed by atoms with van der Waals surface area (Å²) in [5, 5.41) is 11.5. The highest BCUT2D eigenvalue weighted by Crippen LogP contribution is 2.43. The molecule has 0 saturated carbocycles. The Bertz CT molecular complexity index is 1380. The van der Waals surface area contributed by atoms with E-state index in [4.69, 9.17) is 4.74 Å². The third kappa shape index (κ3) is 5.85. The highest BCUT2D eigenvalue weighted by molar-refractivity contribution is 6.51. The lowest BCUT2D eigenvalue weighted by atomic mass is 9.85. The van der Waals surface area contributed by atoms with Crippen molar-refractivity contribution in [3.05, 3.63) is 95.1 Å². The van der Waals surface area contributed by atoms with E-state index >= 15 is 0 Å². The summed E-state index contributed by atoms with van der Waals surface area (Å²) < 4.78 is 5.85. The number of aliphatic hydroxyl groups is 1. The number of amides is 1. The van der Waals surface area contributed by atoms with Crippen LogP contribution in [-0.4, -0.2) is 37.5 Å². The van der Waals surface area contributed by atoms with Gasteiger partial charge in [0.25, 0.3) is 11.7 Å². The minimum atomic E-state index is -0.788. The van der Waals surface area contributed by atoms with Crippen LogP contribution in [0.2, 0.25) is 0 Å². The van der Waals surface area contributed by atoms with Crippen LogP contribution in [0.15, 0.2) is 78.4 Å². The largest absolute Gasteiger partial charge is 0.507 e. The average molecular weight is 527 g/mol. The van der Waals surface area contributed by atoms with E-state index in [9.17, 15) is 14.7 Å². The van der Waals surface area contributed by atoms with Crippen LogP contribution >= 0.6 is 0 Å². The van der Waals surface area contributed by atoms with Crippen molar-refractivity contribution in [3.63, 3.8) is 0 Å². The van der Waals surface area contributed by atoms with Gasteiger partial charge in [-0.3, -0.25) is 14.5 Å². The second kappa shape index (κ2) is 11.0.